The number of allylic oxidation sites excluding steroid dienone is 1. The fourth-order valence-corrected chi connectivity index (χ4v) is 7.92. The van der Waals surface area contributed by atoms with Gasteiger partial charge in [0.1, 0.15) is 12.1 Å². The van der Waals surface area contributed by atoms with Gasteiger partial charge < -0.3 is 26.2 Å². The van der Waals surface area contributed by atoms with Crippen LogP contribution in [0.15, 0.2) is 25.3 Å². The summed E-state index contributed by atoms with van der Waals surface area (Å²) in [6.45, 7) is 22.3. The molecule has 5 atom stereocenters. The molecule has 3 rings (SSSR count). The predicted octanol–water partition coefficient (Wildman–Crippen LogP) is 4.25. The number of carbonyl (C=O) groups excluding carboxylic acids is 5. The summed E-state index contributed by atoms with van der Waals surface area (Å²) in [5.74, 6) is -2.24. The Morgan fingerprint density at radius 1 is 0.956 bits per heavy atom. The second-order valence-electron chi connectivity index (χ2n) is 15.8. The first-order chi connectivity index (χ1) is 20.9. The second kappa shape index (κ2) is 14.5. The molecule has 2 unspecified atom stereocenters. The Balaban J connectivity index is 1.85. The van der Waals surface area contributed by atoms with Gasteiger partial charge in [-0.15, -0.1) is 13.2 Å². The van der Waals surface area contributed by atoms with Crippen LogP contribution in [-0.2, 0) is 19.2 Å². The lowest BCUT2D eigenvalue weighted by Gasteiger charge is -2.38. The Bertz CT molecular complexity index is 1150. The summed E-state index contributed by atoms with van der Waals surface area (Å²) in [5, 5.41) is 11.4. The standard InChI is InChI=1S/C35H57N5O5/c1-10-12-18-24(28(41)30(43)36-19-11-2)37-29(42)27-25-23(35(25,8)9)20-40(27)31(44)26(22-16-14-13-15-17-22)38-32(45)39-34(6,7)21-33(3,4)5/h10-11,22-27H,1-2,12-21H2,3-9H3,(H,36,43)(H,37,42)(H2,38,39,45)/t23?,24-,25?,26+,27+/m1/s1. The molecule has 252 valence electrons. The fraction of sp³-hybridized carbons (Fsp3) is 0.743. The third-order valence-electron chi connectivity index (χ3n) is 9.78. The van der Waals surface area contributed by atoms with Crippen LogP contribution >= 0.6 is 0 Å². The first kappa shape index (κ1) is 36.3. The zero-order valence-corrected chi connectivity index (χ0v) is 28.6. The van der Waals surface area contributed by atoms with E-state index in [1.807, 2.05) is 13.8 Å². The lowest BCUT2D eigenvalue weighted by molar-refractivity contribution is -0.144. The van der Waals surface area contributed by atoms with Crippen molar-refractivity contribution in [2.45, 2.75) is 123 Å². The maximum absolute atomic E-state index is 14.4. The third kappa shape index (κ3) is 9.19. The normalized spacial score (nSPS) is 24.0. The minimum absolute atomic E-state index is 0.00340. The van der Waals surface area contributed by atoms with Gasteiger partial charge in [0, 0.05) is 18.6 Å². The summed E-state index contributed by atoms with van der Waals surface area (Å²) in [6.07, 6.45) is 9.19. The van der Waals surface area contributed by atoms with Crippen LogP contribution in [0.25, 0.3) is 0 Å². The highest BCUT2D eigenvalue weighted by atomic mass is 16.2. The van der Waals surface area contributed by atoms with Crippen LogP contribution in [-0.4, -0.2) is 71.2 Å². The highest BCUT2D eigenvalue weighted by Crippen LogP contribution is 2.65. The molecule has 0 spiro atoms. The molecule has 1 heterocycles. The van der Waals surface area contributed by atoms with Crippen LogP contribution in [0.5, 0.6) is 0 Å². The molecule has 0 radical (unpaired) electrons. The molecule has 2 aliphatic carbocycles. The van der Waals surface area contributed by atoms with Gasteiger partial charge in [-0.3, -0.25) is 19.2 Å². The SMILES string of the molecule is C=CCC[C@@H](NC(=O)[C@@H]1C2C(CN1C(=O)[C@@H](NC(=O)NC(C)(C)CC(C)(C)C)C1CCCCC1)C2(C)C)C(=O)C(=O)NCC=C. The van der Waals surface area contributed by atoms with Crippen molar-refractivity contribution in [2.24, 2.45) is 28.6 Å². The molecular weight excluding hydrogens is 570 g/mol. The molecular formula is C35H57N5O5. The quantitative estimate of drug-likeness (QED) is 0.169. The van der Waals surface area contributed by atoms with Gasteiger partial charge in [0.25, 0.3) is 5.91 Å². The highest BCUT2D eigenvalue weighted by molar-refractivity contribution is 6.38. The van der Waals surface area contributed by atoms with E-state index in [-0.39, 0.29) is 53.5 Å². The van der Waals surface area contributed by atoms with Gasteiger partial charge in [0.2, 0.25) is 17.6 Å². The summed E-state index contributed by atoms with van der Waals surface area (Å²) in [7, 11) is 0. The number of hydrogen-bond donors (Lipinski definition) is 4. The summed E-state index contributed by atoms with van der Waals surface area (Å²) >= 11 is 0. The van der Waals surface area contributed by atoms with E-state index >= 15 is 0 Å². The number of likely N-dealkylation sites (tertiary alicyclic amines) is 1. The molecule has 3 fully saturated rings. The number of hydrogen-bond acceptors (Lipinski definition) is 5. The van der Waals surface area contributed by atoms with Gasteiger partial charge in [0.15, 0.2) is 0 Å². The molecule has 0 aromatic heterocycles. The summed E-state index contributed by atoms with van der Waals surface area (Å²) in [6, 6.07) is -3.02. The van der Waals surface area contributed by atoms with Gasteiger partial charge >= 0.3 is 6.03 Å². The number of urea groups is 1. The Labute approximate surface area is 270 Å². The number of piperidine rings is 1. The van der Waals surface area contributed by atoms with Crippen molar-refractivity contribution >= 4 is 29.5 Å². The van der Waals surface area contributed by atoms with Crippen LogP contribution in [0.1, 0.15) is 99.8 Å². The van der Waals surface area contributed by atoms with Gasteiger partial charge in [-0.1, -0.05) is 66.0 Å². The number of nitrogens with zero attached hydrogens (tertiary/aromatic N) is 1. The third-order valence-corrected chi connectivity index (χ3v) is 9.78. The molecule has 2 saturated carbocycles. The summed E-state index contributed by atoms with van der Waals surface area (Å²) < 4.78 is 0. The van der Waals surface area contributed by atoms with Crippen LogP contribution in [0.4, 0.5) is 4.79 Å². The number of amides is 5. The number of Topliss-reactive ketones (excluding diaryl/α,β-unsaturated/α-hetero) is 1. The molecule has 1 saturated heterocycles. The van der Waals surface area contributed by atoms with Crippen LogP contribution < -0.4 is 21.3 Å². The Morgan fingerprint density at radius 2 is 1.60 bits per heavy atom. The second-order valence-corrected chi connectivity index (χ2v) is 15.8. The van der Waals surface area contributed by atoms with E-state index in [1.165, 1.54) is 6.08 Å². The molecule has 3 aliphatic rings. The molecule has 45 heavy (non-hydrogen) atoms. The molecule has 0 aromatic carbocycles. The van der Waals surface area contributed by atoms with Crippen molar-refractivity contribution in [1.29, 1.82) is 0 Å². The number of fused-ring (bicyclic) bond motifs is 1. The fourth-order valence-electron chi connectivity index (χ4n) is 7.92. The molecule has 0 aromatic rings. The number of rotatable bonds is 14. The lowest BCUT2D eigenvalue weighted by Crippen LogP contribution is -2.61. The summed E-state index contributed by atoms with van der Waals surface area (Å²) in [4.78, 5) is 69.0. The van der Waals surface area contributed by atoms with E-state index in [4.69, 9.17) is 0 Å². The minimum Gasteiger partial charge on any atom is -0.346 e. The lowest BCUT2D eigenvalue weighted by atomic mass is 9.81. The molecule has 10 nitrogen and oxygen atoms in total. The van der Waals surface area contributed by atoms with E-state index in [9.17, 15) is 24.0 Å². The summed E-state index contributed by atoms with van der Waals surface area (Å²) in [5.41, 5.74) is -0.644. The van der Waals surface area contributed by atoms with Crippen LogP contribution in [0.3, 0.4) is 0 Å². The van der Waals surface area contributed by atoms with Crippen molar-refractivity contribution < 1.29 is 24.0 Å². The predicted molar refractivity (Wildman–Crippen MR) is 176 cm³/mol. The maximum atomic E-state index is 14.4. The van der Waals surface area contributed by atoms with E-state index in [0.29, 0.717) is 13.0 Å². The van der Waals surface area contributed by atoms with E-state index in [1.54, 1.807) is 11.0 Å². The average molecular weight is 628 g/mol. The zero-order chi connectivity index (χ0) is 33.7. The van der Waals surface area contributed by atoms with Gasteiger partial charge in [-0.2, -0.15) is 0 Å². The van der Waals surface area contributed by atoms with Crippen molar-refractivity contribution in [3.05, 3.63) is 25.3 Å². The highest BCUT2D eigenvalue weighted by Gasteiger charge is 2.69. The van der Waals surface area contributed by atoms with Gasteiger partial charge in [-0.05, 0) is 74.5 Å². The van der Waals surface area contributed by atoms with Gasteiger partial charge in [-0.25, -0.2) is 4.79 Å². The smallest absolute Gasteiger partial charge is 0.315 e. The Kier molecular flexibility index (Phi) is 11.7. The number of nitrogens with one attached hydrogen (secondary N) is 4. The topological polar surface area (TPSA) is 137 Å². The molecule has 10 heteroatoms. The van der Waals surface area contributed by atoms with E-state index in [0.717, 1.165) is 38.5 Å². The molecule has 1 aliphatic heterocycles. The van der Waals surface area contributed by atoms with Crippen molar-refractivity contribution in [3.8, 4) is 0 Å². The number of ketones is 1. The molecule has 5 amide bonds. The van der Waals surface area contributed by atoms with Crippen molar-refractivity contribution in [2.75, 3.05) is 13.1 Å². The van der Waals surface area contributed by atoms with Crippen LogP contribution in [0.2, 0.25) is 0 Å². The first-order valence-corrected chi connectivity index (χ1v) is 16.7. The number of carbonyl (C=O) groups is 5. The molecule has 0 bridgehead atoms. The zero-order valence-electron chi connectivity index (χ0n) is 28.6. The largest absolute Gasteiger partial charge is 0.346 e. The first-order valence-electron chi connectivity index (χ1n) is 16.7. The monoisotopic (exact) mass is 627 g/mol. The average Bonchev–Trinajstić information content (AvgIpc) is 3.27. The van der Waals surface area contributed by atoms with E-state index < -0.39 is 41.3 Å². The maximum Gasteiger partial charge on any atom is 0.315 e. The van der Waals surface area contributed by atoms with Gasteiger partial charge in [0.05, 0.1) is 6.04 Å². The molecule has 4 N–H and O–H groups in total. The Morgan fingerprint density at radius 3 is 2.18 bits per heavy atom. The van der Waals surface area contributed by atoms with Crippen molar-refractivity contribution in [3.63, 3.8) is 0 Å². The van der Waals surface area contributed by atoms with Crippen molar-refractivity contribution in [1.82, 2.24) is 26.2 Å². The Hall–Kier alpha value is -3.17. The van der Waals surface area contributed by atoms with Crippen LogP contribution in [0, 0.1) is 28.6 Å². The van der Waals surface area contributed by atoms with E-state index in [2.05, 4.69) is 69.0 Å². The minimum atomic E-state index is -1.05.